The Labute approximate surface area is 144 Å². The molecule has 2 aromatic carbocycles. The van der Waals surface area contributed by atoms with Gasteiger partial charge in [-0.1, -0.05) is 48.5 Å². The average Bonchev–Trinajstić information content (AvgIpc) is 3.10. The Morgan fingerprint density at radius 2 is 1.60 bits per heavy atom. The fraction of sp³-hybridized carbons (Fsp3) is 0. The molecule has 0 spiro atoms. The van der Waals surface area contributed by atoms with Crippen LogP contribution in [0, 0.1) is 0 Å². The van der Waals surface area contributed by atoms with Crippen molar-refractivity contribution in [3.05, 3.63) is 84.2 Å². The van der Waals surface area contributed by atoms with Crippen LogP contribution < -0.4 is 10.6 Å². The molecule has 0 radical (unpaired) electrons. The number of aromatic nitrogens is 2. The van der Waals surface area contributed by atoms with Gasteiger partial charge in [0.2, 0.25) is 5.91 Å². The summed E-state index contributed by atoms with van der Waals surface area (Å²) in [6.45, 7) is 0. The molecule has 3 N–H and O–H groups in total. The number of anilines is 2. The van der Waals surface area contributed by atoms with E-state index >= 15 is 0 Å². The molecule has 6 heteroatoms. The largest absolute Gasteiger partial charge is 0.321 e. The number of aromatic amines is 1. The Morgan fingerprint density at radius 3 is 2.32 bits per heavy atom. The van der Waals surface area contributed by atoms with Gasteiger partial charge >= 0.3 is 0 Å². The molecule has 3 rings (SSSR count). The third kappa shape index (κ3) is 4.42. The molecule has 6 nitrogen and oxygen atoms in total. The Hall–Kier alpha value is -3.67. The van der Waals surface area contributed by atoms with Crippen molar-refractivity contribution < 1.29 is 9.59 Å². The second-order valence-electron chi connectivity index (χ2n) is 5.20. The smallest absolute Gasteiger partial charge is 0.278 e. The predicted octanol–water partition coefficient (Wildman–Crippen LogP) is 3.31. The fourth-order valence-corrected chi connectivity index (χ4v) is 2.18. The number of amides is 2. The van der Waals surface area contributed by atoms with Crippen molar-refractivity contribution in [2.75, 3.05) is 10.6 Å². The number of carbonyl (C=O) groups is 2. The van der Waals surface area contributed by atoms with Gasteiger partial charge in [-0.25, -0.2) is 0 Å². The summed E-state index contributed by atoms with van der Waals surface area (Å²) in [5, 5.41) is 11.9. The molecule has 1 aromatic heterocycles. The van der Waals surface area contributed by atoms with E-state index in [4.69, 9.17) is 0 Å². The number of hydrogen-bond donors (Lipinski definition) is 3. The monoisotopic (exact) mass is 332 g/mol. The number of carbonyl (C=O) groups excluding carboxylic acids is 2. The zero-order valence-electron chi connectivity index (χ0n) is 13.3. The van der Waals surface area contributed by atoms with Gasteiger partial charge in [-0.3, -0.25) is 14.7 Å². The summed E-state index contributed by atoms with van der Waals surface area (Å²) in [6.07, 6.45) is 4.56. The van der Waals surface area contributed by atoms with Gasteiger partial charge in [0.25, 0.3) is 5.91 Å². The topological polar surface area (TPSA) is 86.9 Å². The average molecular weight is 332 g/mol. The zero-order chi connectivity index (χ0) is 17.5. The SMILES string of the molecule is O=C(/C=C/c1ccccc1)Nc1c[nH]nc1C(=O)Nc1ccccc1. The van der Waals surface area contributed by atoms with Crippen molar-refractivity contribution in [3.63, 3.8) is 0 Å². The van der Waals surface area contributed by atoms with Crippen molar-refractivity contribution in [3.8, 4) is 0 Å². The molecule has 0 fully saturated rings. The molecule has 0 bridgehead atoms. The molecule has 0 aliphatic rings. The van der Waals surface area contributed by atoms with Gasteiger partial charge in [-0.05, 0) is 23.8 Å². The number of para-hydroxylation sites is 1. The van der Waals surface area contributed by atoms with E-state index in [0.29, 0.717) is 11.4 Å². The van der Waals surface area contributed by atoms with Gasteiger partial charge in [0, 0.05) is 18.0 Å². The van der Waals surface area contributed by atoms with Crippen molar-refractivity contribution in [1.82, 2.24) is 10.2 Å². The fourth-order valence-electron chi connectivity index (χ4n) is 2.18. The number of nitrogens with one attached hydrogen (secondary N) is 3. The first-order valence-corrected chi connectivity index (χ1v) is 7.66. The number of nitrogens with zero attached hydrogens (tertiary/aromatic N) is 1. The second kappa shape index (κ2) is 7.74. The van der Waals surface area contributed by atoms with E-state index in [-0.39, 0.29) is 11.6 Å². The molecular weight excluding hydrogens is 316 g/mol. The highest BCUT2D eigenvalue weighted by atomic mass is 16.2. The van der Waals surface area contributed by atoms with Crippen molar-refractivity contribution in [1.29, 1.82) is 0 Å². The Morgan fingerprint density at radius 1 is 0.920 bits per heavy atom. The highest BCUT2D eigenvalue weighted by Gasteiger charge is 2.16. The minimum atomic E-state index is -0.408. The van der Waals surface area contributed by atoms with Crippen LogP contribution >= 0.6 is 0 Å². The lowest BCUT2D eigenvalue weighted by atomic mass is 10.2. The second-order valence-corrected chi connectivity index (χ2v) is 5.20. The maximum absolute atomic E-state index is 12.3. The molecular formula is C19H16N4O2. The van der Waals surface area contributed by atoms with Gasteiger partial charge in [0.1, 0.15) is 0 Å². The summed E-state index contributed by atoms with van der Waals surface area (Å²) >= 11 is 0. The molecule has 1 heterocycles. The van der Waals surface area contributed by atoms with Crippen LogP contribution in [0.2, 0.25) is 0 Å². The molecule has 0 saturated carbocycles. The van der Waals surface area contributed by atoms with Crippen LogP contribution in [0.5, 0.6) is 0 Å². The zero-order valence-corrected chi connectivity index (χ0v) is 13.3. The summed E-state index contributed by atoms with van der Waals surface area (Å²) in [5.41, 5.74) is 1.99. The first-order valence-electron chi connectivity index (χ1n) is 7.66. The highest BCUT2D eigenvalue weighted by molar-refractivity contribution is 6.10. The molecule has 25 heavy (non-hydrogen) atoms. The standard InChI is InChI=1S/C19H16N4O2/c24-17(12-11-14-7-3-1-4-8-14)22-16-13-20-23-18(16)19(25)21-15-9-5-2-6-10-15/h1-13H,(H,20,23)(H,21,25)(H,22,24)/b12-11+. The van der Waals surface area contributed by atoms with Crippen LogP contribution in [0.3, 0.4) is 0 Å². The van der Waals surface area contributed by atoms with Gasteiger partial charge < -0.3 is 10.6 Å². The number of hydrogen-bond acceptors (Lipinski definition) is 3. The van der Waals surface area contributed by atoms with Crippen molar-refractivity contribution in [2.45, 2.75) is 0 Å². The number of rotatable bonds is 5. The highest BCUT2D eigenvalue weighted by Crippen LogP contribution is 2.15. The van der Waals surface area contributed by atoms with Gasteiger partial charge in [0.15, 0.2) is 5.69 Å². The lowest BCUT2D eigenvalue weighted by Gasteiger charge is -2.05. The molecule has 3 aromatic rings. The lowest BCUT2D eigenvalue weighted by molar-refractivity contribution is -0.111. The van der Waals surface area contributed by atoms with Crippen LogP contribution in [0.1, 0.15) is 16.1 Å². The molecule has 0 aliphatic carbocycles. The van der Waals surface area contributed by atoms with E-state index < -0.39 is 5.91 Å². The van der Waals surface area contributed by atoms with E-state index in [1.807, 2.05) is 48.5 Å². The van der Waals surface area contributed by atoms with Crippen LogP contribution in [0.15, 0.2) is 72.9 Å². The van der Waals surface area contributed by atoms with Crippen LogP contribution in [-0.2, 0) is 4.79 Å². The minimum absolute atomic E-state index is 0.116. The maximum atomic E-state index is 12.3. The molecule has 0 unspecified atom stereocenters. The Kier molecular flexibility index (Phi) is 5.01. The summed E-state index contributed by atoms with van der Waals surface area (Å²) in [7, 11) is 0. The number of H-pyrrole nitrogens is 1. The van der Waals surface area contributed by atoms with Crippen molar-refractivity contribution >= 4 is 29.3 Å². The third-order valence-corrected chi connectivity index (χ3v) is 3.37. The summed E-state index contributed by atoms with van der Waals surface area (Å²) in [5.74, 6) is -0.756. The van der Waals surface area contributed by atoms with E-state index in [2.05, 4.69) is 20.8 Å². The molecule has 0 saturated heterocycles. The minimum Gasteiger partial charge on any atom is -0.321 e. The van der Waals surface area contributed by atoms with Crippen LogP contribution in [-0.4, -0.2) is 22.0 Å². The lowest BCUT2D eigenvalue weighted by Crippen LogP contribution is -2.16. The Balaban J connectivity index is 1.66. The molecule has 2 amide bonds. The van der Waals surface area contributed by atoms with E-state index in [9.17, 15) is 9.59 Å². The quantitative estimate of drug-likeness (QED) is 0.626. The van der Waals surface area contributed by atoms with Crippen LogP contribution in [0.25, 0.3) is 6.08 Å². The van der Waals surface area contributed by atoms with Gasteiger partial charge in [-0.15, -0.1) is 0 Å². The normalized spacial score (nSPS) is 10.6. The van der Waals surface area contributed by atoms with Gasteiger partial charge in [0.05, 0.1) is 5.69 Å². The predicted molar refractivity (Wildman–Crippen MR) is 97.1 cm³/mol. The van der Waals surface area contributed by atoms with Crippen LogP contribution in [0.4, 0.5) is 11.4 Å². The summed E-state index contributed by atoms with van der Waals surface area (Å²) in [6, 6.07) is 18.5. The molecule has 124 valence electrons. The Bertz CT molecular complexity index is 886. The van der Waals surface area contributed by atoms with Crippen molar-refractivity contribution in [2.24, 2.45) is 0 Å². The third-order valence-electron chi connectivity index (χ3n) is 3.37. The summed E-state index contributed by atoms with van der Waals surface area (Å²) < 4.78 is 0. The van der Waals surface area contributed by atoms with E-state index in [1.54, 1.807) is 18.2 Å². The maximum Gasteiger partial charge on any atom is 0.278 e. The van der Waals surface area contributed by atoms with Gasteiger partial charge in [-0.2, -0.15) is 5.10 Å². The molecule has 0 atom stereocenters. The molecule has 0 aliphatic heterocycles. The first kappa shape index (κ1) is 16.2. The first-order chi connectivity index (χ1) is 12.2. The summed E-state index contributed by atoms with van der Waals surface area (Å²) in [4.78, 5) is 24.3. The van der Waals surface area contributed by atoms with E-state index in [0.717, 1.165) is 5.56 Å². The number of benzene rings is 2. The van der Waals surface area contributed by atoms with E-state index in [1.165, 1.54) is 12.3 Å².